The minimum absolute atomic E-state index is 0.198. The van der Waals surface area contributed by atoms with Gasteiger partial charge in [-0.1, -0.05) is 18.6 Å². The Morgan fingerprint density at radius 3 is 2.70 bits per heavy atom. The van der Waals surface area contributed by atoms with Gasteiger partial charge in [0.15, 0.2) is 0 Å². The number of amides is 1. The number of nitrogens with zero attached hydrogens (tertiary/aromatic N) is 1. The van der Waals surface area contributed by atoms with E-state index in [1.54, 1.807) is 41.3 Å². The Bertz CT molecular complexity index is 845. The molecule has 0 spiro atoms. The normalized spacial score (nSPS) is 15.6. The molecule has 0 saturated carbocycles. The number of carbonyl (C=O) groups is 1. The van der Waals surface area contributed by atoms with E-state index in [4.69, 9.17) is 0 Å². The highest BCUT2D eigenvalue weighted by Gasteiger charge is 2.26. The highest BCUT2D eigenvalue weighted by Crippen LogP contribution is 2.21. The van der Waals surface area contributed by atoms with Crippen LogP contribution >= 0.6 is 23.1 Å². The lowest BCUT2D eigenvalue weighted by Crippen LogP contribution is -2.35. The first-order chi connectivity index (χ1) is 13.1. The molecule has 2 heterocycles. The van der Waals surface area contributed by atoms with Gasteiger partial charge in [-0.3, -0.25) is 4.79 Å². The number of thioether (sulfide) groups is 1. The van der Waals surface area contributed by atoms with Gasteiger partial charge < -0.3 is 5.32 Å². The summed E-state index contributed by atoms with van der Waals surface area (Å²) in [7, 11) is -3.52. The third-order valence-electron chi connectivity index (χ3n) is 4.41. The number of hydrogen-bond acceptors (Lipinski definition) is 5. The highest BCUT2D eigenvalue weighted by molar-refractivity contribution is 7.98. The van der Waals surface area contributed by atoms with Gasteiger partial charge in [-0.2, -0.15) is 16.1 Å². The molecule has 5 nitrogen and oxygen atoms in total. The molecule has 1 amide bonds. The second-order valence-corrected chi connectivity index (χ2v) is 10.5. The van der Waals surface area contributed by atoms with Gasteiger partial charge in [0.25, 0.3) is 5.91 Å². The molecule has 1 aliphatic heterocycles. The largest absolute Gasteiger partial charge is 0.351 e. The summed E-state index contributed by atoms with van der Waals surface area (Å²) >= 11 is 3.50. The third kappa shape index (κ3) is 5.57. The zero-order valence-corrected chi connectivity index (χ0v) is 17.5. The Labute approximate surface area is 169 Å². The molecular formula is C19H24N2O3S3. The lowest BCUT2D eigenvalue weighted by molar-refractivity contribution is 0.0956. The molecule has 1 N–H and O–H groups in total. The van der Waals surface area contributed by atoms with Gasteiger partial charge >= 0.3 is 0 Å². The van der Waals surface area contributed by atoms with Crippen LogP contribution < -0.4 is 5.32 Å². The zero-order chi connectivity index (χ0) is 19.1. The molecular weight excluding hydrogens is 400 g/mol. The van der Waals surface area contributed by atoms with Crippen LogP contribution in [0.25, 0.3) is 0 Å². The SMILES string of the molecule is O=C(NCCSCc1cccs1)c1cccc(S(=O)(=O)N2CCCCC2)c1. The van der Waals surface area contributed by atoms with E-state index in [-0.39, 0.29) is 10.8 Å². The Kier molecular flexibility index (Phi) is 7.34. The van der Waals surface area contributed by atoms with Gasteiger partial charge in [-0.05, 0) is 42.5 Å². The number of piperidine rings is 1. The molecule has 1 aromatic carbocycles. The maximum atomic E-state index is 12.8. The first-order valence-electron chi connectivity index (χ1n) is 9.06. The van der Waals surface area contributed by atoms with Gasteiger partial charge in [0.1, 0.15) is 0 Å². The van der Waals surface area contributed by atoms with E-state index in [0.717, 1.165) is 30.8 Å². The van der Waals surface area contributed by atoms with E-state index in [1.807, 2.05) is 6.07 Å². The van der Waals surface area contributed by atoms with Crippen LogP contribution in [-0.4, -0.2) is 44.0 Å². The molecule has 2 aromatic rings. The Balaban J connectivity index is 1.53. The fraction of sp³-hybridized carbons (Fsp3) is 0.421. The van der Waals surface area contributed by atoms with Crippen LogP contribution in [0.5, 0.6) is 0 Å². The molecule has 0 aliphatic carbocycles. The van der Waals surface area contributed by atoms with Crippen molar-refractivity contribution in [1.29, 1.82) is 0 Å². The van der Waals surface area contributed by atoms with Gasteiger partial charge in [0, 0.05) is 41.6 Å². The number of nitrogens with one attached hydrogen (secondary N) is 1. The molecule has 1 aliphatic rings. The summed E-state index contributed by atoms with van der Waals surface area (Å²) in [5, 5.41) is 4.93. The Morgan fingerprint density at radius 2 is 1.96 bits per heavy atom. The minimum Gasteiger partial charge on any atom is -0.351 e. The van der Waals surface area contributed by atoms with E-state index in [2.05, 4.69) is 16.8 Å². The standard InChI is InChI=1S/C19H24N2O3S3/c22-19(20-9-13-25-15-17-7-5-12-26-17)16-6-4-8-18(14-16)27(23,24)21-10-2-1-3-11-21/h4-8,12,14H,1-3,9-11,13,15H2,(H,20,22). The Morgan fingerprint density at radius 1 is 1.15 bits per heavy atom. The predicted molar refractivity (Wildman–Crippen MR) is 112 cm³/mol. The number of sulfonamides is 1. The number of thiophene rings is 1. The van der Waals surface area contributed by atoms with E-state index in [9.17, 15) is 13.2 Å². The molecule has 0 atom stereocenters. The smallest absolute Gasteiger partial charge is 0.251 e. The summed E-state index contributed by atoms with van der Waals surface area (Å²) in [6.07, 6.45) is 2.85. The second kappa shape index (κ2) is 9.73. The van der Waals surface area contributed by atoms with E-state index < -0.39 is 10.0 Å². The number of rotatable bonds is 8. The van der Waals surface area contributed by atoms with E-state index in [1.165, 1.54) is 15.2 Å². The van der Waals surface area contributed by atoms with Crippen LogP contribution in [0.15, 0.2) is 46.7 Å². The minimum atomic E-state index is -3.52. The highest BCUT2D eigenvalue weighted by atomic mass is 32.2. The van der Waals surface area contributed by atoms with Crippen molar-refractivity contribution in [3.8, 4) is 0 Å². The molecule has 0 radical (unpaired) electrons. The monoisotopic (exact) mass is 424 g/mol. The van der Waals surface area contributed by atoms with Crippen molar-refractivity contribution in [2.24, 2.45) is 0 Å². The first-order valence-corrected chi connectivity index (χ1v) is 12.5. The van der Waals surface area contributed by atoms with E-state index in [0.29, 0.717) is 25.2 Å². The second-order valence-electron chi connectivity index (χ2n) is 6.38. The lowest BCUT2D eigenvalue weighted by Gasteiger charge is -2.26. The predicted octanol–water partition coefficient (Wildman–Crippen LogP) is 3.59. The van der Waals surface area contributed by atoms with E-state index >= 15 is 0 Å². The summed E-state index contributed by atoms with van der Waals surface area (Å²) in [5.41, 5.74) is 0.386. The average Bonchev–Trinajstić information content (AvgIpc) is 3.22. The van der Waals surface area contributed by atoms with Gasteiger partial charge in [0.2, 0.25) is 10.0 Å². The lowest BCUT2D eigenvalue weighted by atomic mass is 10.2. The maximum Gasteiger partial charge on any atom is 0.251 e. The van der Waals surface area contributed by atoms with Crippen LogP contribution in [0.1, 0.15) is 34.5 Å². The van der Waals surface area contributed by atoms with Crippen molar-refractivity contribution in [3.05, 3.63) is 52.2 Å². The third-order valence-corrected chi connectivity index (χ3v) is 8.37. The number of carbonyl (C=O) groups excluding carboxylic acids is 1. The maximum absolute atomic E-state index is 12.8. The van der Waals surface area contributed by atoms with Crippen molar-refractivity contribution in [2.75, 3.05) is 25.4 Å². The summed E-state index contributed by atoms with van der Waals surface area (Å²) in [6.45, 7) is 1.67. The molecule has 3 rings (SSSR count). The van der Waals surface area contributed by atoms with Gasteiger partial charge in [-0.25, -0.2) is 8.42 Å². The van der Waals surface area contributed by atoms with Gasteiger partial charge in [-0.15, -0.1) is 11.3 Å². The molecule has 1 fully saturated rings. The zero-order valence-electron chi connectivity index (χ0n) is 15.1. The van der Waals surface area contributed by atoms with Gasteiger partial charge in [0.05, 0.1) is 4.90 Å². The van der Waals surface area contributed by atoms with Crippen molar-refractivity contribution in [1.82, 2.24) is 9.62 Å². The summed E-state index contributed by atoms with van der Waals surface area (Å²) < 4.78 is 27.1. The van der Waals surface area contributed by atoms with Crippen LogP contribution in [-0.2, 0) is 15.8 Å². The molecule has 27 heavy (non-hydrogen) atoms. The summed E-state index contributed by atoms with van der Waals surface area (Å²) in [6, 6.07) is 10.5. The summed E-state index contributed by atoms with van der Waals surface area (Å²) in [5.74, 6) is 1.52. The Hall–Kier alpha value is -1.35. The average molecular weight is 425 g/mol. The van der Waals surface area contributed by atoms with Crippen molar-refractivity contribution in [3.63, 3.8) is 0 Å². The van der Waals surface area contributed by atoms with Crippen LogP contribution in [0.2, 0.25) is 0 Å². The fourth-order valence-electron chi connectivity index (χ4n) is 2.96. The summed E-state index contributed by atoms with van der Waals surface area (Å²) in [4.78, 5) is 13.9. The molecule has 1 aromatic heterocycles. The van der Waals surface area contributed by atoms with Crippen LogP contribution in [0.4, 0.5) is 0 Å². The molecule has 8 heteroatoms. The van der Waals surface area contributed by atoms with Crippen LogP contribution in [0, 0.1) is 0 Å². The molecule has 0 unspecified atom stereocenters. The topological polar surface area (TPSA) is 66.5 Å². The van der Waals surface area contributed by atoms with Crippen molar-refractivity contribution < 1.29 is 13.2 Å². The molecule has 1 saturated heterocycles. The van der Waals surface area contributed by atoms with Crippen molar-refractivity contribution >= 4 is 39.0 Å². The molecule has 146 valence electrons. The number of hydrogen-bond donors (Lipinski definition) is 1. The number of benzene rings is 1. The van der Waals surface area contributed by atoms with Crippen LogP contribution in [0.3, 0.4) is 0 Å². The van der Waals surface area contributed by atoms with Crippen molar-refractivity contribution in [2.45, 2.75) is 29.9 Å². The quantitative estimate of drug-likeness (QED) is 0.658. The molecule has 0 bridgehead atoms. The first kappa shape index (κ1) is 20.4. The fourth-order valence-corrected chi connectivity index (χ4v) is 6.22.